The molecule has 1 aromatic heterocycles. The number of nitrogens with zero attached hydrogens (tertiary/aromatic N) is 1. The molecule has 0 aliphatic heterocycles. The fourth-order valence-electron chi connectivity index (χ4n) is 5.55. The highest BCUT2D eigenvalue weighted by Crippen LogP contribution is 2.36. The number of halogens is 1. The average molecular weight is 496 g/mol. The summed E-state index contributed by atoms with van der Waals surface area (Å²) in [6.07, 6.45) is 8.96. The standard InChI is InChI=1S/C29H38FN3O3/c1-29(2,3)36-28(35)32-18-19-6-8-21(9-7-19)27(34)33-26-13-10-22-16-23(30)11-12-24(22)25(26)15-20-5-4-14-31-17-20/h4-5,11-12,14,16-17,19,21,25-26H,6-10,13,15,18H2,1-3H3,(H,32,35)(H,33,34). The Bertz CT molecular complexity index is 1050. The third-order valence-electron chi connectivity index (χ3n) is 7.37. The van der Waals surface area contributed by atoms with Gasteiger partial charge in [-0.15, -0.1) is 0 Å². The molecule has 1 saturated carbocycles. The van der Waals surface area contributed by atoms with Gasteiger partial charge in [0.15, 0.2) is 0 Å². The van der Waals surface area contributed by atoms with E-state index in [4.69, 9.17) is 4.74 Å². The normalized spacial score (nSPS) is 23.9. The van der Waals surface area contributed by atoms with Gasteiger partial charge in [-0.3, -0.25) is 9.78 Å². The van der Waals surface area contributed by atoms with E-state index in [0.717, 1.165) is 61.6 Å². The number of pyridine rings is 1. The molecule has 36 heavy (non-hydrogen) atoms. The monoisotopic (exact) mass is 495 g/mol. The Morgan fingerprint density at radius 2 is 1.89 bits per heavy atom. The first-order valence-corrected chi connectivity index (χ1v) is 13.1. The molecule has 2 unspecified atom stereocenters. The number of ether oxygens (including phenoxy) is 1. The van der Waals surface area contributed by atoms with Crippen LogP contribution in [0, 0.1) is 17.7 Å². The molecule has 2 N–H and O–H groups in total. The molecule has 0 saturated heterocycles. The SMILES string of the molecule is CC(C)(C)OC(=O)NCC1CCC(C(=O)NC2CCc3cc(F)ccc3C2Cc2cccnc2)CC1. The quantitative estimate of drug-likeness (QED) is 0.569. The molecule has 1 aromatic carbocycles. The van der Waals surface area contributed by atoms with E-state index in [0.29, 0.717) is 12.5 Å². The Balaban J connectivity index is 1.34. The summed E-state index contributed by atoms with van der Waals surface area (Å²) >= 11 is 0. The summed E-state index contributed by atoms with van der Waals surface area (Å²) in [5.41, 5.74) is 2.75. The Hall–Kier alpha value is -2.96. The molecule has 2 aliphatic rings. The summed E-state index contributed by atoms with van der Waals surface area (Å²) in [5, 5.41) is 6.23. The van der Waals surface area contributed by atoms with E-state index in [-0.39, 0.29) is 35.7 Å². The molecular formula is C29H38FN3O3. The highest BCUT2D eigenvalue weighted by atomic mass is 19.1. The summed E-state index contributed by atoms with van der Waals surface area (Å²) < 4.78 is 19.2. The van der Waals surface area contributed by atoms with Crippen molar-refractivity contribution in [1.82, 2.24) is 15.6 Å². The molecule has 0 bridgehead atoms. The van der Waals surface area contributed by atoms with Crippen molar-refractivity contribution < 1.29 is 18.7 Å². The van der Waals surface area contributed by atoms with Crippen molar-refractivity contribution in [3.05, 3.63) is 65.2 Å². The summed E-state index contributed by atoms with van der Waals surface area (Å²) in [5.74, 6) is 0.319. The predicted molar refractivity (Wildman–Crippen MR) is 137 cm³/mol. The summed E-state index contributed by atoms with van der Waals surface area (Å²) in [7, 11) is 0. The van der Waals surface area contributed by atoms with Gasteiger partial charge in [0.05, 0.1) is 0 Å². The molecule has 1 heterocycles. The summed E-state index contributed by atoms with van der Waals surface area (Å²) in [6.45, 7) is 6.12. The maximum absolute atomic E-state index is 13.9. The number of carbonyl (C=O) groups is 2. The van der Waals surface area contributed by atoms with E-state index in [9.17, 15) is 14.0 Å². The first kappa shape index (κ1) is 26.1. The van der Waals surface area contributed by atoms with Crippen LogP contribution in [0.3, 0.4) is 0 Å². The lowest BCUT2D eigenvalue weighted by Gasteiger charge is -2.36. The molecule has 6 nitrogen and oxygen atoms in total. The Morgan fingerprint density at radius 3 is 2.58 bits per heavy atom. The fourth-order valence-corrected chi connectivity index (χ4v) is 5.55. The third kappa shape index (κ3) is 7.05. The molecule has 0 radical (unpaired) electrons. The largest absolute Gasteiger partial charge is 0.444 e. The number of carbonyl (C=O) groups excluding carboxylic acids is 2. The van der Waals surface area contributed by atoms with Gasteiger partial charge in [-0.25, -0.2) is 9.18 Å². The minimum atomic E-state index is -0.511. The number of fused-ring (bicyclic) bond motifs is 1. The van der Waals surface area contributed by atoms with E-state index in [1.807, 2.05) is 39.1 Å². The number of nitrogens with one attached hydrogen (secondary N) is 2. The lowest BCUT2D eigenvalue weighted by molar-refractivity contribution is -0.127. The van der Waals surface area contributed by atoms with Crippen molar-refractivity contribution in [3.8, 4) is 0 Å². The summed E-state index contributed by atoms with van der Waals surface area (Å²) in [6, 6.07) is 9.01. The lowest BCUT2D eigenvalue weighted by Crippen LogP contribution is -2.46. The molecule has 4 rings (SSSR count). The fraction of sp³-hybridized carbons (Fsp3) is 0.552. The zero-order valence-corrected chi connectivity index (χ0v) is 21.6. The van der Waals surface area contributed by atoms with E-state index < -0.39 is 5.60 Å². The van der Waals surface area contributed by atoms with E-state index in [1.54, 1.807) is 12.3 Å². The van der Waals surface area contributed by atoms with Crippen LogP contribution < -0.4 is 10.6 Å². The van der Waals surface area contributed by atoms with Gasteiger partial charge in [0.2, 0.25) is 5.91 Å². The number of alkyl carbamates (subject to hydrolysis) is 1. The maximum atomic E-state index is 13.9. The average Bonchev–Trinajstić information content (AvgIpc) is 2.84. The van der Waals surface area contributed by atoms with E-state index in [1.165, 1.54) is 6.07 Å². The van der Waals surface area contributed by atoms with Crippen molar-refractivity contribution in [2.75, 3.05) is 6.54 Å². The van der Waals surface area contributed by atoms with E-state index >= 15 is 0 Å². The van der Waals surface area contributed by atoms with Gasteiger partial charge in [0.1, 0.15) is 11.4 Å². The second-order valence-electron chi connectivity index (χ2n) is 11.3. The van der Waals surface area contributed by atoms with Crippen molar-refractivity contribution in [2.45, 2.75) is 83.3 Å². The van der Waals surface area contributed by atoms with Crippen LogP contribution in [-0.4, -0.2) is 35.2 Å². The molecule has 2 amide bonds. The predicted octanol–water partition coefficient (Wildman–Crippen LogP) is 5.31. The van der Waals surface area contributed by atoms with Crippen LogP contribution >= 0.6 is 0 Å². The third-order valence-corrected chi connectivity index (χ3v) is 7.37. The highest BCUT2D eigenvalue weighted by Gasteiger charge is 2.34. The lowest BCUT2D eigenvalue weighted by atomic mass is 9.75. The van der Waals surface area contributed by atoms with Crippen LogP contribution in [0.5, 0.6) is 0 Å². The van der Waals surface area contributed by atoms with Crippen LogP contribution in [0.15, 0.2) is 42.7 Å². The molecule has 1 fully saturated rings. The number of aryl methyl sites for hydroxylation is 1. The molecule has 2 aliphatic carbocycles. The molecule has 7 heteroatoms. The molecule has 0 spiro atoms. The highest BCUT2D eigenvalue weighted by molar-refractivity contribution is 5.79. The number of rotatable bonds is 6. The number of amides is 2. The van der Waals surface area contributed by atoms with Gasteiger partial charge in [-0.05, 0) is 107 Å². The Kier molecular flexibility index (Phi) is 8.27. The molecule has 2 atom stereocenters. The Morgan fingerprint density at radius 1 is 1.11 bits per heavy atom. The van der Waals surface area contributed by atoms with Gasteiger partial charge in [-0.2, -0.15) is 0 Å². The minimum absolute atomic E-state index is 0.00206. The smallest absolute Gasteiger partial charge is 0.407 e. The van der Waals surface area contributed by atoms with Gasteiger partial charge in [-0.1, -0.05) is 12.1 Å². The number of hydrogen-bond donors (Lipinski definition) is 2. The molecule has 2 aromatic rings. The number of aromatic nitrogens is 1. The van der Waals surface area contributed by atoms with Crippen LogP contribution in [0.2, 0.25) is 0 Å². The van der Waals surface area contributed by atoms with Crippen LogP contribution in [0.4, 0.5) is 9.18 Å². The van der Waals surface area contributed by atoms with Crippen LogP contribution in [0.25, 0.3) is 0 Å². The number of hydrogen-bond acceptors (Lipinski definition) is 4. The van der Waals surface area contributed by atoms with Crippen LogP contribution in [0.1, 0.15) is 75.5 Å². The second-order valence-corrected chi connectivity index (χ2v) is 11.3. The van der Waals surface area contributed by atoms with Gasteiger partial charge in [0, 0.05) is 36.8 Å². The number of benzene rings is 1. The van der Waals surface area contributed by atoms with Gasteiger partial charge < -0.3 is 15.4 Å². The van der Waals surface area contributed by atoms with Crippen molar-refractivity contribution in [3.63, 3.8) is 0 Å². The first-order chi connectivity index (χ1) is 17.2. The zero-order valence-electron chi connectivity index (χ0n) is 21.6. The topological polar surface area (TPSA) is 80.3 Å². The van der Waals surface area contributed by atoms with Gasteiger partial charge in [0.25, 0.3) is 0 Å². The summed E-state index contributed by atoms with van der Waals surface area (Å²) in [4.78, 5) is 29.5. The first-order valence-electron chi connectivity index (χ1n) is 13.1. The van der Waals surface area contributed by atoms with Crippen LogP contribution in [-0.2, 0) is 22.4 Å². The molecular weight excluding hydrogens is 457 g/mol. The molecule has 194 valence electrons. The van der Waals surface area contributed by atoms with Crippen molar-refractivity contribution in [2.24, 2.45) is 11.8 Å². The second kappa shape index (κ2) is 11.4. The van der Waals surface area contributed by atoms with E-state index in [2.05, 4.69) is 21.7 Å². The maximum Gasteiger partial charge on any atom is 0.407 e. The van der Waals surface area contributed by atoms with Crippen molar-refractivity contribution >= 4 is 12.0 Å². The van der Waals surface area contributed by atoms with Crippen molar-refractivity contribution in [1.29, 1.82) is 0 Å². The van der Waals surface area contributed by atoms with Gasteiger partial charge >= 0.3 is 6.09 Å². The zero-order chi connectivity index (χ0) is 25.7. The Labute approximate surface area is 213 Å². The minimum Gasteiger partial charge on any atom is -0.444 e.